The zero-order valence-electron chi connectivity index (χ0n) is 8.45. The second-order valence-corrected chi connectivity index (χ2v) is 3.99. The molecular weight excluding hydrogens is 216 g/mol. The zero-order valence-corrected chi connectivity index (χ0v) is 9.21. The number of hydrogen-bond acceptors (Lipinski definition) is 2. The third-order valence-electron chi connectivity index (χ3n) is 2.03. The summed E-state index contributed by atoms with van der Waals surface area (Å²) >= 11 is 5.64. The fourth-order valence-corrected chi connectivity index (χ4v) is 1.38. The molecule has 1 N–H and O–H groups in total. The van der Waals surface area contributed by atoms with Gasteiger partial charge in [-0.25, -0.2) is 4.79 Å². The Kier molecular flexibility index (Phi) is 3.48. The highest BCUT2D eigenvalue weighted by atomic mass is 35.5. The van der Waals surface area contributed by atoms with Crippen molar-refractivity contribution >= 4 is 23.4 Å². The molecule has 0 saturated carbocycles. The van der Waals surface area contributed by atoms with E-state index in [-0.39, 0.29) is 16.9 Å². The molecule has 3 nitrogen and oxygen atoms in total. The number of carboxylic acids is 1. The van der Waals surface area contributed by atoms with E-state index in [2.05, 4.69) is 0 Å². The number of rotatable bonds is 3. The van der Waals surface area contributed by atoms with Gasteiger partial charge in [0.05, 0.1) is 10.9 Å². The summed E-state index contributed by atoms with van der Waals surface area (Å²) in [7, 11) is 0. The molecule has 0 aliphatic carbocycles. The summed E-state index contributed by atoms with van der Waals surface area (Å²) in [6.07, 6.45) is 0. The van der Waals surface area contributed by atoms with E-state index in [0.29, 0.717) is 0 Å². The first-order chi connectivity index (χ1) is 6.93. The zero-order chi connectivity index (χ0) is 11.6. The number of benzene rings is 1. The average Bonchev–Trinajstić information content (AvgIpc) is 2.16. The van der Waals surface area contributed by atoms with Crippen molar-refractivity contribution in [2.24, 2.45) is 0 Å². The first-order valence-electron chi connectivity index (χ1n) is 4.45. The fourth-order valence-electron chi connectivity index (χ4n) is 1.26. The van der Waals surface area contributed by atoms with E-state index in [0.717, 1.165) is 5.56 Å². The second kappa shape index (κ2) is 4.45. The number of halogens is 1. The normalized spacial score (nSPS) is 12.2. The molecule has 0 spiro atoms. The Bertz CT molecular complexity index is 410. The molecule has 0 aromatic heterocycles. The standard InChI is InChI=1S/C11H11ClO3/c1-6-3-4-8(10(13)7(2)12)9(5-6)11(14)15/h3-5,7H,1-2H3,(H,14,15). The van der Waals surface area contributed by atoms with Crippen molar-refractivity contribution < 1.29 is 14.7 Å². The lowest BCUT2D eigenvalue weighted by molar-refractivity contribution is 0.0692. The minimum absolute atomic E-state index is 0.00694. The van der Waals surface area contributed by atoms with Crippen LogP contribution in [0, 0.1) is 6.92 Å². The van der Waals surface area contributed by atoms with Crippen molar-refractivity contribution in [1.82, 2.24) is 0 Å². The van der Waals surface area contributed by atoms with Crippen LogP contribution in [0.15, 0.2) is 18.2 Å². The monoisotopic (exact) mass is 226 g/mol. The minimum atomic E-state index is -1.11. The maximum Gasteiger partial charge on any atom is 0.336 e. The number of carbonyl (C=O) groups excluding carboxylic acids is 1. The van der Waals surface area contributed by atoms with Crippen molar-refractivity contribution in [1.29, 1.82) is 0 Å². The van der Waals surface area contributed by atoms with Gasteiger partial charge in [-0.15, -0.1) is 11.6 Å². The Hall–Kier alpha value is -1.35. The third kappa shape index (κ3) is 2.57. The Morgan fingerprint density at radius 2 is 1.93 bits per heavy atom. The van der Waals surface area contributed by atoms with Gasteiger partial charge in [0.2, 0.25) is 0 Å². The predicted molar refractivity (Wildman–Crippen MR) is 57.8 cm³/mol. The summed E-state index contributed by atoms with van der Waals surface area (Å²) in [6.45, 7) is 3.29. The lowest BCUT2D eigenvalue weighted by atomic mass is 10.00. The summed E-state index contributed by atoms with van der Waals surface area (Å²) in [5.74, 6) is -1.48. The highest BCUT2D eigenvalue weighted by Gasteiger charge is 2.19. The lowest BCUT2D eigenvalue weighted by Crippen LogP contribution is -2.15. The molecule has 0 radical (unpaired) electrons. The average molecular weight is 227 g/mol. The fraction of sp³-hybridized carbons (Fsp3) is 0.273. The van der Waals surface area contributed by atoms with Crippen molar-refractivity contribution in [2.45, 2.75) is 19.2 Å². The number of hydrogen-bond donors (Lipinski definition) is 1. The van der Waals surface area contributed by atoms with Gasteiger partial charge in [0.1, 0.15) is 0 Å². The van der Waals surface area contributed by atoms with Gasteiger partial charge in [-0.05, 0) is 19.9 Å². The van der Waals surface area contributed by atoms with Gasteiger partial charge in [0, 0.05) is 5.56 Å². The van der Waals surface area contributed by atoms with E-state index < -0.39 is 11.3 Å². The van der Waals surface area contributed by atoms with Crippen molar-refractivity contribution in [3.8, 4) is 0 Å². The van der Waals surface area contributed by atoms with Crippen molar-refractivity contribution in [2.75, 3.05) is 0 Å². The largest absolute Gasteiger partial charge is 0.478 e. The van der Waals surface area contributed by atoms with Gasteiger partial charge in [-0.1, -0.05) is 17.7 Å². The van der Waals surface area contributed by atoms with Gasteiger partial charge >= 0.3 is 5.97 Å². The highest BCUT2D eigenvalue weighted by Crippen LogP contribution is 2.16. The van der Waals surface area contributed by atoms with E-state index in [9.17, 15) is 9.59 Å². The third-order valence-corrected chi connectivity index (χ3v) is 2.23. The Balaban J connectivity index is 3.29. The number of carbonyl (C=O) groups is 2. The number of ketones is 1. The summed E-state index contributed by atoms with van der Waals surface area (Å²) in [4.78, 5) is 22.5. The second-order valence-electron chi connectivity index (χ2n) is 3.33. The number of aryl methyl sites for hydroxylation is 1. The van der Waals surface area contributed by atoms with Crippen LogP contribution in [0.3, 0.4) is 0 Å². The maximum absolute atomic E-state index is 11.6. The molecule has 1 unspecified atom stereocenters. The molecule has 1 atom stereocenters. The molecule has 80 valence electrons. The van der Waals surface area contributed by atoms with E-state index >= 15 is 0 Å². The van der Waals surface area contributed by atoms with Gasteiger partial charge in [-0.2, -0.15) is 0 Å². The summed E-state index contributed by atoms with van der Waals surface area (Å²) < 4.78 is 0. The molecule has 0 saturated heterocycles. The van der Waals surface area contributed by atoms with Gasteiger partial charge in [0.15, 0.2) is 5.78 Å². The number of carboxylic acid groups (broad SMARTS) is 1. The van der Waals surface area contributed by atoms with Crippen LogP contribution in [0.2, 0.25) is 0 Å². The number of Topliss-reactive ketones (excluding diaryl/α,β-unsaturated/α-hetero) is 1. The summed E-state index contributed by atoms with van der Waals surface area (Å²) in [6, 6.07) is 4.66. The molecule has 1 aromatic carbocycles. The molecule has 1 rings (SSSR count). The smallest absolute Gasteiger partial charge is 0.336 e. The van der Waals surface area contributed by atoms with Crippen LogP contribution < -0.4 is 0 Å². The van der Waals surface area contributed by atoms with E-state index in [1.807, 2.05) is 0 Å². The minimum Gasteiger partial charge on any atom is -0.478 e. The van der Waals surface area contributed by atoms with Crippen LogP contribution >= 0.6 is 11.6 Å². The Morgan fingerprint density at radius 1 is 1.33 bits per heavy atom. The van der Waals surface area contributed by atoms with Gasteiger partial charge < -0.3 is 5.11 Å². The Morgan fingerprint density at radius 3 is 2.40 bits per heavy atom. The number of aromatic carboxylic acids is 1. The van der Waals surface area contributed by atoms with Crippen LogP contribution in [0.5, 0.6) is 0 Å². The van der Waals surface area contributed by atoms with Crippen LogP contribution in [0.1, 0.15) is 33.2 Å². The molecule has 0 bridgehead atoms. The molecule has 15 heavy (non-hydrogen) atoms. The van der Waals surface area contributed by atoms with Crippen molar-refractivity contribution in [3.63, 3.8) is 0 Å². The molecule has 0 amide bonds. The molecular formula is C11H11ClO3. The van der Waals surface area contributed by atoms with Crippen LogP contribution in [-0.2, 0) is 0 Å². The number of alkyl halides is 1. The van der Waals surface area contributed by atoms with Gasteiger partial charge in [0.25, 0.3) is 0 Å². The Labute approximate surface area is 92.7 Å². The highest BCUT2D eigenvalue weighted by molar-refractivity contribution is 6.34. The van der Waals surface area contributed by atoms with E-state index in [1.165, 1.54) is 19.1 Å². The molecule has 4 heteroatoms. The SMILES string of the molecule is Cc1ccc(C(=O)C(C)Cl)c(C(=O)O)c1. The van der Waals surface area contributed by atoms with Crippen molar-refractivity contribution in [3.05, 3.63) is 34.9 Å². The summed E-state index contributed by atoms with van der Waals surface area (Å²) in [5.41, 5.74) is 0.967. The maximum atomic E-state index is 11.6. The molecule has 0 fully saturated rings. The molecule has 1 aromatic rings. The van der Waals surface area contributed by atoms with Crippen LogP contribution in [0.4, 0.5) is 0 Å². The molecule has 0 aliphatic heterocycles. The lowest BCUT2D eigenvalue weighted by Gasteiger charge is -2.07. The first kappa shape index (κ1) is 11.7. The topological polar surface area (TPSA) is 54.4 Å². The van der Waals surface area contributed by atoms with Gasteiger partial charge in [-0.3, -0.25) is 4.79 Å². The quantitative estimate of drug-likeness (QED) is 0.637. The first-order valence-corrected chi connectivity index (χ1v) is 4.89. The molecule has 0 aliphatic rings. The van der Waals surface area contributed by atoms with E-state index in [1.54, 1.807) is 13.0 Å². The predicted octanol–water partition coefficient (Wildman–Crippen LogP) is 2.50. The molecule has 0 heterocycles. The van der Waals surface area contributed by atoms with E-state index in [4.69, 9.17) is 16.7 Å². The summed E-state index contributed by atoms with van der Waals surface area (Å²) in [5, 5.41) is 8.21. The van der Waals surface area contributed by atoms with Crippen LogP contribution in [0.25, 0.3) is 0 Å². The van der Waals surface area contributed by atoms with Crippen LogP contribution in [-0.4, -0.2) is 22.2 Å².